The van der Waals surface area contributed by atoms with Crippen molar-refractivity contribution in [1.82, 2.24) is 9.96 Å². The van der Waals surface area contributed by atoms with Crippen LogP contribution in [0.25, 0.3) is 0 Å². The number of ether oxygens (including phenoxy) is 2. The van der Waals surface area contributed by atoms with Gasteiger partial charge in [0.1, 0.15) is 6.10 Å². The Morgan fingerprint density at radius 3 is 2.39 bits per heavy atom. The summed E-state index contributed by atoms with van der Waals surface area (Å²) in [4.78, 5) is 44.3. The number of nitrogens with zero attached hydrogens (tertiary/aromatic N) is 2. The summed E-state index contributed by atoms with van der Waals surface area (Å²) >= 11 is 0.959. The second-order valence-electron chi connectivity index (χ2n) is 8.00. The van der Waals surface area contributed by atoms with Crippen LogP contribution in [0.3, 0.4) is 0 Å². The summed E-state index contributed by atoms with van der Waals surface area (Å²) < 4.78 is 11.1. The third-order valence-electron chi connectivity index (χ3n) is 5.44. The molecule has 8 nitrogen and oxygen atoms in total. The first-order valence-electron chi connectivity index (χ1n) is 10.8. The molecule has 174 valence electrons. The van der Waals surface area contributed by atoms with Crippen molar-refractivity contribution in [3.05, 3.63) is 71.8 Å². The molecule has 3 atom stereocenters. The summed E-state index contributed by atoms with van der Waals surface area (Å²) in [5.41, 5.74) is 2.02. The van der Waals surface area contributed by atoms with Crippen LogP contribution in [0.15, 0.2) is 60.7 Å². The van der Waals surface area contributed by atoms with E-state index in [0.29, 0.717) is 19.6 Å². The molecule has 2 aliphatic heterocycles. The van der Waals surface area contributed by atoms with Gasteiger partial charge in [-0.2, -0.15) is 0 Å². The van der Waals surface area contributed by atoms with Crippen molar-refractivity contribution in [1.29, 1.82) is 0 Å². The molecule has 4 rings (SSSR count). The average Bonchev–Trinajstić information content (AvgIpc) is 3.32. The number of benzene rings is 2. The van der Waals surface area contributed by atoms with Crippen molar-refractivity contribution in [2.45, 2.75) is 37.3 Å². The molecule has 0 aromatic heterocycles. The van der Waals surface area contributed by atoms with Crippen LogP contribution in [0.5, 0.6) is 0 Å². The highest BCUT2D eigenvalue weighted by atomic mass is 32.2. The summed E-state index contributed by atoms with van der Waals surface area (Å²) in [7, 11) is 0. The van der Waals surface area contributed by atoms with Crippen molar-refractivity contribution in [2.75, 3.05) is 19.8 Å². The minimum absolute atomic E-state index is 0.00277. The number of rotatable bonds is 10. The van der Waals surface area contributed by atoms with Crippen LogP contribution in [0.4, 0.5) is 9.59 Å². The molecule has 0 N–H and O–H groups in total. The Labute approximate surface area is 196 Å². The lowest BCUT2D eigenvalue weighted by Gasteiger charge is -2.23. The smallest absolute Gasteiger partial charge is 0.410 e. The van der Waals surface area contributed by atoms with Crippen molar-refractivity contribution in [3.63, 3.8) is 0 Å². The van der Waals surface area contributed by atoms with E-state index in [0.717, 1.165) is 28.0 Å². The van der Waals surface area contributed by atoms with Gasteiger partial charge in [-0.25, -0.2) is 4.79 Å². The quantitative estimate of drug-likeness (QED) is 0.524. The number of carbonyl (C=O) groups is 3. The summed E-state index contributed by atoms with van der Waals surface area (Å²) in [6.07, 6.45) is -0.395. The number of imide groups is 1. The number of hydrogen-bond donors (Lipinski definition) is 0. The SMILES string of the molecule is CC(CON1C(=O)SC(Cc2ccccc2)C1=O)N1CC(COCc2ccccc2)OC1=O. The van der Waals surface area contributed by atoms with Gasteiger partial charge in [0.15, 0.2) is 0 Å². The molecular weight excluding hydrogens is 444 g/mol. The fraction of sp³-hybridized carbons (Fsp3) is 0.375. The van der Waals surface area contributed by atoms with Crippen LogP contribution in [-0.4, -0.2) is 64.4 Å². The largest absolute Gasteiger partial charge is 0.442 e. The normalized spacial score (nSPS) is 21.5. The summed E-state index contributed by atoms with van der Waals surface area (Å²) in [5, 5.41) is -0.140. The molecule has 2 heterocycles. The Bertz CT molecular complexity index is 973. The van der Waals surface area contributed by atoms with E-state index >= 15 is 0 Å². The lowest BCUT2D eigenvalue weighted by molar-refractivity contribution is -0.166. The number of hydrogen-bond acceptors (Lipinski definition) is 7. The molecule has 0 radical (unpaired) electrons. The third kappa shape index (κ3) is 5.93. The maximum absolute atomic E-state index is 12.6. The van der Waals surface area contributed by atoms with E-state index in [1.165, 1.54) is 4.90 Å². The molecular formula is C24H26N2O6S. The predicted octanol–water partition coefficient (Wildman–Crippen LogP) is 3.65. The first-order chi connectivity index (χ1) is 16.0. The summed E-state index contributed by atoms with van der Waals surface area (Å²) in [6, 6.07) is 18.9. The lowest BCUT2D eigenvalue weighted by atomic mass is 10.1. The zero-order valence-electron chi connectivity index (χ0n) is 18.3. The molecule has 0 spiro atoms. The highest BCUT2D eigenvalue weighted by Gasteiger charge is 2.42. The van der Waals surface area contributed by atoms with Gasteiger partial charge >= 0.3 is 11.3 Å². The highest BCUT2D eigenvalue weighted by molar-refractivity contribution is 8.15. The summed E-state index contributed by atoms with van der Waals surface area (Å²) in [5.74, 6) is -0.378. The van der Waals surface area contributed by atoms with E-state index in [-0.39, 0.29) is 31.3 Å². The molecule has 33 heavy (non-hydrogen) atoms. The summed E-state index contributed by atoms with van der Waals surface area (Å²) in [6.45, 7) is 2.86. The maximum Gasteiger partial charge on any atom is 0.410 e. The standard InChI is InChI=1S/C24H26N2O6S/c1-17(25-13-20(32-23(25)28)16-30-15-19-10-6-3-7-11-19)14-31-26-22(27)21(33-24(26)29)12-18-8-4-2-5-9-18/h2-11,17,20-21H,12-16H2,1H3. The van der Waals surface area contributed by atoms with Gasteiger partial charge in [-0.1, -0.05) is 60.7 Å². The second-order valence-corrected chi connectivity index (χ2v) is 9.15. The second kappa shape index (κ2) is 10.8. The van der Waals surface area contributed by atoms with E-state index in [1.807, 2.05) is 60.7 Å². The van der Waals surface area contributed by atoms with Crippen LogP contribution in [0.1, 0.15) is 18.1 Å². The van der Waals surface area contributed by atoms with Gasteiger partial charge in [0, 0.05) is 0 Å². The highest BCUT2D eigenvalue weighted by Crippen LogP contribution is 2.30. The number of carbonyl (C=O) groups excluding carboxylic acids is 3. The first kappa shape index (κ1) is 23.3. The number of cyclic esters (lactones) is 1. The predicted molar refractivity (Wildman–Crippen MR) is 122 cm³/mol. The molecule has 0 aliphatic carbocycles. The Balaban J connectivity index is 1.22. The van der Waals surface area contributed by atoms with E-state index in [4.69, 9.17) is 14.3 Å². The average molecular weight is 471 g/mol. The maximum atomic E-state index is 12.6. The number of thioether (sulfide) groups is 1. The van der Waals surface area contributed by atoms with E-state index in [1.54, 1.807) is 6.92 Å². The van der Waals surface area contributed by atoms with Gasteiger partial charge in [0.25, 0.3) is 5.91 Å². The van der Waals surface area contributed by atoms with Crippen LogP contribution in [0.2, 0.25) is 0 Å². The van der Waals surface area contributed by atoms with Gasteiger partial charge in [0.2, 0.25) is 0 Å². The fourth-order valence-electron chi connectivity index (χ4n) is 3.66. The van der Waals surface area contributed by atoms with E-state index in [9.17, 15) is 14.4 Å². The molecule has 3 unspecified atom stereocenters. The van der Waals surface area contributed by atoms with Gasteiger partial charge in [-0.05, 0) is 36.2 Å². The van der Waals surface area contributed by atoms with Crippen LogP contribution in [0, 0.1) is 0 Å². The fourth-order valence-corrected chi connectivity index (χ4v) is 4.61. The van der Waals surface area contributed by atoms with Crippen molar-refractivity contribution in [3.8, 4) is 0 Å². The van der Waals surface area contributed by atoms with E-state index < -0.39 is 16.6 Å². The Morgan fingerprint density at radius 2 is 1.70 bits per heavy atom. The molecule has 0 saturated carbocycles. The topological polar surface area (TPSA) is 85.4 Å². The van der Waals surface area contributed by atoms with Gasteiger partial charge in [-0.15, -0.1) is 5.06 Å². The molecule has 2 aromatic rings. The Kier molecular flexibility index (Phi) is 7.64. The van der Waals surface area contributed by atoms with Crippen molar-refractivity contribution >= 4 is 29.0 Å². The van der Waals surface area contributed by atoms with E-state index in [2.05, 4.69) is 0 Å². The molecule has 9 heteroatoms. The molecule has 3 amide bonds. The van der Waals surface area contributed by atoms with Crippen LogP contribution in [-0.2, 0) is 32.1 Å². The lowest BCUT2D eigenvalue weighted by Crippen LogP contribution is -2.41. The van der Waals surface area contributed by atoms with Crippen molar-refractivity contribution in [2.24, 2.45) is 0 Å². The zero-order valence-corrected chi connectivity index (χ0v) is 19.1. The van der Waals surface area contributed by atoms with Gasteiger partial charge in [-0.3, -0.25) is 19.3 Å². The van der Waals surface area contributed by atoms with Crippen LogP contribution >= 0.6 is 11.8 Å². The van der Waals surface area contributed by atoms with Gasteiger partial charge in [0.05, 0.1) is 37.7 Å². The Hall–Kier alpha value is -2.88. The number of hydroxylamine groups is 2. The molecule has 2 fully saturated rings. The third-order valence-corrected chi connectivity index (χ3v) is 6.46. The van der Waals surface area contributed by atoms with Crippen LogP contribution < -0.4 is 0 Å². The minimum Gasteiger partial charge on any atom is -0.442 e. The first-order valence-corrected chi connectivity index (χ1v) is 11.7. The zero-order chi connectivity index (χ0) is 23.2. The molecule has 2 aromatic carbocycles. The molecule has 0 bridgehead atoms. The monoisotopic (exact) mass is 470 g/mol. The van der Waals surface area contributed by atoms with Crippen molar-refractivity contribution < 1.29 is 28.7 Å². The molecule has 2 saturated heterocycles. The molecule has 2 aliphatic rings. The minimum atomic E-state index is -0.516. The van der Waals surface area contributed by atoms with Gasteiger partial charge < -0.3 is 9.47 Å². The number of amides is 3. The Morgan fingerprint density at radius 1 is 1.03 bits per heavy atom.